The Labute approximate surface area is 256 Å². The number of hydrogen-bond donors (Lipinski definition) is 0. The third-order valence-corrected chi connectivity index (χ3v) is 8.90. The molecule has 2 aromatic heterocycles. The lowest BCUT2D eigenvalue weighted by Gasteiger charge is -2.15. The fraction of sp³-hybridized carbons (Fsp3) is 0.353. The van der Waals surface area contributed by atoms with E-state index in [1.165, 1.54) is 0 Å². The van der Waals surface area contributed by atoms with Crippen LogP contribution in [0.3, 0.4) is 0 Å². The van der Waals surface area contributed by atoms with Crippen LogP contribution in [0, 0.1) is 5.41 Å². The van der Waals surface area contributed by atoms with Crippen LogP contribution in [0.4, 0.5) is 0 Å². The van der Waals surface area contributed by atoms with Crippen molar-refractivity contribution < 1.29 is 31.7 Å². The topological polar surface area (TPSA) is 122 Å². The Kier molecular flexibility index (Phi) is 8.22. The summed E-state index contributed by atoms with van der Waals surface area (Å²) >= 11 is 0. The lowest BCUT2D eigenvalue weighted by Crippen LogP contribution is -2.29. The van der Waals surface area contributed by atoms with Crippen molar-refractivity contribution in [3.63, 3.8) is 0 Å². The van der Waals surface area contributed by atoms with Crippen LogP contribution >= 0.6 is 0 Å². The van der Waals surface area contributed by atoms with Crippen molar-refractivity contribution in [3.8, 4) is 17.2 Å². The van der Waals surface area contributed by atoms with Gasteiger partial charge in [0.15, 0.2) is 11.6 Å². The van der Waals surface area contributed by atoms with E-state index in [9.17, 15) is 18.0 Å². The van der Waals surface area contributed by atoms with Crippen molar-refractivity contribution in [1.82, 2.24) is 9.97 Å². The van der Waals surface area contributed by atoms with Crippen molar-refractivity contribution >= 4 is 32.6 Å². The maximum atomic E-state index is 13.1. The molecule has 44 heavy (non-hydrogen) atoms. The molecule has 10 heteroatoms. The van der Waals surface area contributed by atoms with Crippen molar-refractivity contribution in [2.24, 2.45) is 5.41 Å². The summed E-state index contributed by atoms with van der Waals surface area (Å²) in [5, 5.41) is 0.796. The maximum Gasteiger partial charge on any atom is 0.264 e. The molecule has 2 saturated carbocycles. The summed E-state index contributed by atoms with van der Waals surface area (Å²) in [5.74, 6) is 1.68. The number of hydrogen-bond acceptors (Lipinski definition) is 9. The Morgan fingerprint density at radius 3 is 2.30 bits per heavy atom. The second-order valence-electron chi connectivity index (χ2n) is 11.8. The summed E-state index contributed by atoms with van der Waals surface area (Å²) in [6, 6.07) is 20.4. The number of pyridine rings is 2. The van der Waals surface area contributed by atoms with Gasteiger partial charge in [-0.05, 0) is 74.4 Å². The van der Waals surface area contributed by atoms with Crippen LogP contribution in [0.1, 0.15) is 49.8 Å². The zero-order chi connectivity index (χ0) is 30.8. The molecular formula is C34H34N2O7S. The number of carbonyl (C=O) groups is 2. The molecular weight excluding hydrogens is 580 g/mol. The van der Waals surface area contributed by atoms with Gasteiger partial charge in [-0.25, -0.2) is 0 Å². The van der Waals surface area contributed by atoms with Gasteiger partial charge in [0.25, 0.3) is 10.1 Å². The van der Waals surface area contributed by atoms with Crippen molar-refractivity contribution in [3.05, 3.63) is 90.4 Å². The predicted octanol–water partition coefficient (Wildman–Crippen LogP) is 5.79. The van der Waals surface area contributed by atoms with Crippen molar-refractivity contribution in [2.45, 2.75) is 57.0 Å². The molecule has 2 heterocycles. The molecule has 228 valence electrons. The minimum Gasteiger partial charge on any atom is -0.494 e. The van der Waals surface area contributed by atoms with E-state index >= 15 is 0 Å². The Morgan fingerprint density at radius 1 is 0.864 bits per heavy atom. The van der Waals surface area contributed by atoms with Gasteiger partial charge in [0, 0.05) is 36.2 Å². The van der Waals surface area contributed by atoms with E-state index in [1.807, 2.05) is 48.5 Å². The molecule has 0 unspecified atom stereocenters. The second kappa shape index (κ2) is 12.1. The lowest BCUT2D eigenvalue weighted by molar-refractivity contribution is -0.133. The molecule has 4 aromatic rings. The van der Waals surface area contributed by atoms with Crippen LogP contribution in [0.5, 0.6) is 17.2 Å². The molecule has 2 aliphatic carbocycles. The standard InChI is InChI=1S/C34H34N2O7S/c1-44(39,40)43-33(14-15-33)13-5-19-41-26-10-11-28-29(22-26)35-18-12-30(28)42-27-9-8-25(36-23-27)21-32(38)34(16-17-34)31(37)20-24-6-3-2-4-7-24/h2-4,6-12,18,22-23H,5,13-17,19-21H2,1H3. The number of rotatable bonds is 15. The molecule has 0 radical (unpaired) electrons. The molecule has 9 nitrogen and oxygen atoms in total. The van der Waals surface area contributed by atoms with E-state index in [2.05, 4.69) is 9.97 Å². The Hall–Kier alpha value is -4.15. The van der Waals surface area contributed by atoms with E-state index in [-0.39, 0.29) is 24.4 Å². The summed E-state index contributed by atoms with van der Waals surface area (Å²) < 4.78 is 40.2. The first-order valence-electron chi connectivity index (χ1n) is 14.8. The number of nitrogens with zero attached hydrogens (tertiary/aromatic N) is 2. The SMILES string of the molecule is CS(=O)(=O)OC1(CCCOc2ccc3c(Oc4ccc(CC(=O)C5(C(=O)Cc6ccccc6)CC5)nc4)ccnc3c2)CC1. The van der Waals surface area contributed by atoms with E-state index in [4.69, 9.17) is 13.7 Å². The smallest absolute Gasteiger partial charge is 0.264 e. The highest BCUT2D eigenvalue weighted by molar-refractivity contribution is 7.86. The molecule has 0 aliphatic heterocycles. The number of Topliss-reactive ketones (excluding diaryl/α,β-unsaturated/α-hetero) is 2. The first-order chi connectivity index (χ1) is 21.1. The van der Waals surface area contributed by atoms with Crippen LogP contribution in [-0.2, 0) is 36.7 Å². The highest BCUT2D eigenvalue weighted by atomic mass is 32.2. The first kappa shape index (κ1) is 29.9. The number of benzene rings is 2. The molecule has 0 N–H and O–H groups in total. The average molecular weight is 615 g/mol. The zero-order valence-corrected chi connectivity index (χ0v) is 25.3. The molecule has 0 spiro atoms. The van der Waals surface area contributed by atoms with Crippen LogP contribution < -0.4 is 9.47 Å². The van der Waals surface area contributed by atoms with E-state index in [1.54, 1.807) is 30.6 Å². The van der Waals surface area contributed by atoms with Gasteiger partial charge >= 0.3 is 0 Å². The third-order valence-electron chi connectivity index (χ3n) is 8.25. The third kappa shape index (κ3) is 7.14. The Balaban J connectivity index is 1.03. The molecule has 6 rings (SSSR count). The number of ether oxygens (including phenoxy) is 2. The van der Waals surface area contributed by atoms with Gasteiger partial charge in [-0.1, -0.05) is 30.3 Å². The first-order valence-corrected chi connectivity index (χ1v) is 16.6. The summed E-state index contributed by atoms with van der Waals surface area (Å²) in [6.45, 7) is 0.430. The number of aromatic nitrogens is 2. The van der Waals surface area contributed by atoms with Gasteiger partial charge in [0.05, 0.1) is 35.6 Å². The van der Waals surface area contributed by atoms with Gasteiger partial charge < -0.3 is 9.47 Å². The number of ketones is 2. The molecule has 2 aliphatic rings. The molecule has 0 amide bonds. The van der Waals surface area contributed by atoms with Gasteiger partial charge in [-0.2, -0.15) is 8.42 Å². The summed E-state index contributed by atoms with van der Waals surface area (Å²) in [5.41, 5.74) is 0.779. The van der Waals surface area contributed by atoms with Crippen LogP contribution in [0.2, 0.25) is 0 Å². The minimum absolute atomic E-state index is 0.0161. The minimum atomic E-state index is -3.47. The largest absolute Gasteiger partial charge is 0.494 e. The van der Waals surface area contributed by atoms with E-state index in [0.29, 0.717) is 60.7 Å². The average Bonchev–Trinajstić information content (AvgIpc) is 3.93. The van der Waals surface area contributed by atoms with Gasteiger partial charge in [-0.3, -0.25) is 23.7 Å². The summed E-state index contributed by atoms with van der Waals surface area (Å²) in [7, 11) is -3.47. The number of fused-ring (bicyclic) bond motifs is 1. The van der Waals surface area contributed by atoms with Crippen molar-refractivity contribution in [1.29, 1.82) is 0 Å². The van der Waals surface area contributed by atoms with Gasteiger partial charge in [0.1, 0.15) is 17.2 Å². The predicted molar refractivity (Wildman–Crippen MR) is 164 cm³/mol. The summed E-state index contributed by atoms with van der Waals surface area (Å²) in [4.78, 5) is 35.0. The van der Waals surface area contributed by atoms with E-state index < -0.39 is 21.1 Å². The Morgan fingerprint density at radius 2 is 1.61 bits per heavy atom. The van der Waals surface area contributed by atoms with Crippen LogP contribution in [0.25, 0.3) is 10.9 Å². The zero-order valence-electron chi connectivity index (χ0n) is 24.5. The lowest BCUT2D eigenvalue weighted by atomic mass is 9.89. The van der Waals surface area contributed by atoms with Gasteiger partial charge in [-0.15, -0.1) is 0 Å². The number of carbonyl (C=O) groups excluding carboxylic acids is 2. The monoisotopic (exact) mass is 614 g/mol. The maximum absolute atomic E-state index is 13.1. The quantitative estimate of drug-likeness (QED) is 0.0930. The highest BCUT2D eigenvalue weighted by Gasteiger charge is 2.54. The molecule has 0 bridgehead atoms. The van der Waals surface area contributed by atoms with E-state index in [0.717, 1.165) is 30.0 Å². The Bertz CT molecular complexity index is 1780. The van der Waals surface area contributed by atoms with Gasteiger partial charge in [0.2, 0.25) is 0 Å². The fourth-order valence-electron chi connectivity index (χ4n) is 5.53. The van der Waals surface area contributed by atoms with Crippen LogP contribution in [-0.4, -0.2) is 48.4 Å². The summed E-state index contributed by atoms with van der Waals surface area (Å²) in [6.07, 6.45) is 8.68. The fourth-order valence-corrected chi connectivity index (χ4v) is 6.42. The molecule has 0 atom stereocenters. The molecule has 0 saturated heterocycles. The molecule has 2 aromatic carbocycles. The van der Waals surface area contributed by atoms with Crippen LogP contribution in [0.15, 0.2) is 79.1 Å². The molecule has 2 fully saturated rings. The normalized spacial score (nSPS) is 16.3. The van der Waals surface area contributed by atoms with Crippen molar-refractivity contribution in [2.75, 3.05) is 12.9 Å². The second-order valence-corrected chi connectivity index (χ2v) is 13.3. The highest BCUT2D eigenvalue weighted by Crippen LogP contribution is 2.49.